The molecule has 0 unspecified atom stereocenters. The molecule has 2 amide bonds. The molecule has 0 aliphatic heterocycles. The minimum absolute atomic E-state index is 0.284. The van der Waals surface area contributed by atoms with Crippen LogP contribution in [0.25, 0.3) is 0 Å². The van der Waals surface area contributed by atoms with E-state index in [1.807, 2.05) is 50.4 Å². The summed E-state index contributed by atoms with van der Waals surface area (Å²) >= 11 is 1.50. The molecule has 0 atom stereocenters. The summed E-state index contributed by atoms with van der Waals surface area (Å²) in [7, 11) is 0. The van der Waals surface area contributed by atoms with Crippen LogP contribution in [-0.4, -0.2) is 16.6 Å². The third-order valence-corrected chi connectivity index (χ3v) is 3.10. The number of amides is 2. The molecule has 0 radical (unpaired) electrons. The maximum atomic E-state index is 11.9. The van der Waals surface area contributed by atoms with Gasteiger partial charge in [-0.2, -0.15) is 0 Å². The Hall–Kier alpha value is -2.08. The molecule has 2 N–H and O–H groups in total. The van der Waals surface area contributed by atoms with Gasteiger partial charge in [-0.15, -0.1) is 11.3 Å². The van der Waals surface area contributed by atoms with Gasteiger partial charge in [0, 0.05) is 5.38 Å². The van der Waals surface area contributed by atoms with Crippen molar-refractivity contribution in [2.75, 3.05) is 5.32 Å². The molecule has 0 fully saturated rings. The highest BCUT2D eigenvalue weighted by Crippen LogP contribution is 2.27. The van der Waals surface area contributed by atoms with Crippen LogP contribution in [-0.2, 0) is 6.54 Å². The highest BCUT2D eigenvalue weighted by atomic mass is 32.1. The van der Waals surface area contributed by atoms with Gasteiger partial charge in [0.05, 0.1) is 23.4 Å². The molecule has 0 bridgehead atoms. The molecule has 0 aliphatic carbocycles. The Balaban J connectivity index is 1.97. The number of nitrogens with one attached hydrogen (secondary N) is 2. The Morgan fingerprint density at radius 1 is 1.33 bits per heavy atom. The lowest BCUT2D eigenvalue weighted by atomic mass is 10.2. The number of ether oxygens (including phenoxy) is 1. The van der Waals surface area contributed by atoms with Crippen molar-refractivity contribution >= 4 is 23.1 Å². The number of hydrogen-bond donors (Lipinski definition) is 2. The molecule has 6 heteroatoms. The van der Waals surface area contributed by atoms with E-state index in [9.17, 15) is 4.79 Å². The second kappa shape index (κ2) is 6.58. The minimum atomic E-state index is -0.325. The quantitative estimate of drug-likeness (QED) is 0.906. The Morgan fingerprint density at radius 2 is 2.10 bits per heavy atom. The molecule has 1 heterocycles. The summed E-state index contributed by atoms with van der Waals surface area (Å²) in [5.74, 6) is 0.647. The van der Waals surface area contributed by atoms with Crippen molar-refractivity contribution in [3.05, 3.63) is 40.8 Å². The Labute approximate surface area is 128 Å². The van der Waals surface area contributed by atoms with Gasteiger partial charge in [0.25, 0.3) is 0 Å². The molecule has 0 aliphatic rings. The summed E-state index contributed by atoms with van der Waals surface area (Å²) in [6.45, 7) is 6.29. The van der Waals surface area contributed by atoms with Gasteiger partial charge < -0.3 is 15.4 Å². The van der Waals surface area contributed by atoms with Gasteiger partial charge in [-0.05, 0) is 32.9 Å². The molecule has 1 aromatic carbocycles. The summed E-state index contributed by atoms with van der Waals surface area (Å²) in [4.78, 5) is 16.0. The summed E-state index contributed by atoms with van der Waals surface area (Å²) < 4.78 is 5.83. The number of rotatable bonds is 4. The number of carbonyl (C=O) groups is 1. The zero-order chi connectivity index (χ0) is 15.3. The third kappa shape index (κ3) is 5.07. The largest absolute Gasteiger partial charge is 0.486 e. The SMILES string of the molecule is CC(C)(C)Oc1ccccc1NC(=O)NCc1cscn1. The maximum Gasteiger partial charge on any atom is 0.319 e. The van der Waals surface area contributed by atoms with Gasteiger partial charge in [0.15, 0.2) is 0 Å². The maximum absolute atomic E-state index is 11.9. The molecule has 2 aromatic rings. The number of anilines is 1. The molecule has 112 valence electrons. The average Bonchev–Trinajstić information content (AvgIpc) is 2.90. The Kier molecular flexibility index (Phi) is 4.80. The number of nitrogens with zero attached hydrogens (tertiary/aromatic N) is 1. The van der Waals surface area contributed by atoms with E-state index >= 15 is 0 Å². The van der Waals surface area contributed by atoms with Crippen LogP contribution in [0.15, 0.2) is 35.2 Å². The van der Waals surface area contributed by atoms with E-state index < -0.39 is 0 Å². The van der Waals surface area contributed by atoms with E-state index in [4.69, 9.17) is 4.74 Å². The number of aromatic nitrogens is 1. The number of hydrogen-bond acceptors (Lipinski definition) is 4. The molecular weight excluding hydrogens is 286 g/mol. The Morgan fingerprint density at radius 3 is 2.76 bits per heavy atom. The van der Waals surface area contributed by atoms with Crippen molar-refractivity contribution in [3.8, 4) is 5.75 Å². The lowest BCUT2D eigenvalue weighted by Gasteiger charge is -2.23. The second-order valence-electron chi connectivity index (χ2n) is 5.50. The van der Waals surface area contributed by atoms with Crippen LogP contribution < -0.4 is 15.4 Å². The van der Waals surface area contributed by atoms with E-state index in [-0.39, 0.29) is 11.6 Å². The monoisotopic (exact) mass is 305 g/mol. The predicted octanol–water partition coefficient (Wildman–Crippen LogP) is 3.64. The van der Waals surface area contributed by atoms with Crippen LogP contribution in [0.1, 0.15) is 26.5 Å². The zero-order valence-corrected chi connectivity index (χ0v) is 13.2. The zero-order valence-electron chi connectivity index (χ0n) is 12.3. The first kappa shape index (κ1) is 15.3. The normalized spacial score (nSPS) is 11.0. The fourth-order valence-corrected chi connectivity index (χ4v) is 2.21. The average molecular weight is 305 g/mol. The number of para-hydroxylation sites is 2. The summed E-state index contributed by atoms with van der Waals surface area (Å²) in [6, 6.07) is 7.09. The van der Waals surface area contributed by atoms with Crippen LogP contribution in [0.4, 0.5) is 10.5 Å². The highest BCUT2D eigenvalue weighted by molar-refractivity contribution is 7.07. The van der Waals surface area contributed by atoms with Crippen molar-refractivity contribution in [2.24, 2.45) is 0 Å². The van der Waals surface area contributed by atoms with E-state index in [0.29, 0.717) is 18.0 Å². The van der Waals surface area contributed by atoms with Crippen molar-refractivity contribution < 1.29 is 9.53 Å². The third-order valence-electron chi connectivity index (χ3n) is 2.46. The van der Waals surface area contributed by atoms with Crippen LogP contribution >= 0.6 is 11.3 Å². The summed E-state index contributed by atoms with van der Waals surface area (Å²) in [6.07, 6.45) is 0. The molecule has 0 spiro atoms. The van der Waals surface area contributed by atoms with E-state index in [2.05, 4.69) is 15.6 Å². The van der Waals surface area contributed by atoms with Crippen LogP contribution in [0, 0.1) is 0 Å². The van der Waals surface area contributed by atoms with E-state index in [0.717, 1.165) is 5.69 Å². The second-order valence-corrected chi connectivity index (χ2v) is 6.22. The molecule has 0 saturated carbocycles. The van der Waals surface area contributed by atoms with Crippen molar-refractivity contribution in [3.63, 3.8) is 0 Å². The fraction of sp³-hybridized carbons (Fsp3) is 0.333. The molecular formula is C15H19N3O2S. The minimum Gasteiger partial charge on any atom is -0.486 e. The van der Waals surface area contributed by atoms with Gasteiger partial charge in [-0.1, -0.05) is 12.1 Å². The van der Waals surface area contributed by atoms with Gasteiger partial charge in [-0.3, -0.25) is 0 Å². The molecule has 2 rings (SSSR count). The van der Waals surface area contributed by atoms with Gasteiger partial charge >= 0.3 is 6.03 Å². The topological polar surface area (TPSA) is 63.2 Å². The first-order valence-electron chi connectivity index (χ1n) is 6.64. The molecule has 5 nitrogen and oxygen atoms in total. The smallest absolute Gasteiger partial charge is 0.319 e. The standard InChI is InChI=1S/C15H19N3O2S/c1-15(2,3)20-13-7-5-4-6-12(13)18-14(19)16-8-11-9-21-10-17-11/h4-7,9-10H,8H2,1-3H3,(H2,16,18,19). The first-order valence-corrected chi connectivity index (χ1v) is 7.58. The number of benzene rings is 1. The van der Waals surface area contributed by atoms with E-state index in [1.54, 1.807) is 5.51 Å². The van der Waals surface area contributed by atoms with E-state index in [1.165, 1.54) is 11.3 Å². The highest BCUT2D eigenvalue weighted by Gasteiger charge is 2.15. The molecule has 1 aromatic heterocycles. The van der Waals surface area contributed by atoms with Gasteiger partial charge in [0.2, 0.25) is 0 Å². The Bertz CT molecular complexity index is 591. The lowest BCUT2D eigenvalue weighted by molar-refractivity contribution is 0.132. The van der Waals surface area contributed by atoms with Crippen LogP contribution in [0.3, 0.4) is 0 Å². The van der Waals surface area contributed by atoms with Crippen LogP contribution in [0.2, 0.25) is 0 Å². The lowest BCUT2D eigenvalue weighted by Crippen LogP contribution is -2.29. The fourth-order valence-electron chi connectivity index (χ4n) is 1.65. The van der Waals surface area contributed by atoms with Gasteiger partial charge in [-0.25, -0.2) is 9.78 Å². The number of carbonyl (C=O) groups excluding carboxylic acids is 1. The molecule has 21 heavy (non-hydrogen) atoms. The first-order chi connectivity index (χ1) is 9.94. The molecule has 0 saturated heterocycles. The number of thiazole rings is 1. The van der Waals surface area contributed by atoms with Crippen molar-refractivity contribution in [1.82, 2.24) is 10.3 Å². The predicted molar refractivity (Wildman–Crippen MR) is 84.8 cm³/mol. The van der Waals surface area contributed by atoms with Crippen molar-refractivity contribution in [2.45, 2.75) is 32.9 Å². The number of urea groups is 1. The van der Waals surface area contributed by atoms with Gasteiger partial charge in [0.1, 0.15) is 11.4 Å². The van der Waals surface area contributed by atoms with Crippen LogP contribution in [0.5, 0.6) is 5.75 Å². The summed E-state index contributed by atoms with van der Waals surface area (Å²) in [5.41, 5.74) is 2.90. The van der Waals surface area contributed by atoms with Crippen molar-refractivity contribution in [1.29, 1.82) is 0 Å². The summed E-state index contributed by atoms with van der Waals surface area (Å²) in [5, 5.41) is 7.46.